The van der Waals surface area contributed by atoms with Crippen LogP contribution in [0.5, 0.6) is 0 Å². The molecular weight excluding hydrogens is 224 g/mol. The van der Waals surface area contributed by atoms with E-state index in [0.29, 0.717) is 19.6 Å². The fraction of sp³-hybridized carbons (Fsp3) is 0.900. The van der Waals surface area contributed by atoms with Gasteiger partial charge < -0.3 is 14.7 Å². The maximum Gasteiger partial charge on any atom is 0.410 e. The molecule has 1 fully saturated rings. The van der Waals surface area contributed by atoms with Gasteiger partial charge in [0, 0.05) is 11.5 Å². The zero-order valence-corrected chi connectivity index (χ0v) is 9.95. The van der Waals surface area contributed by atoms with Gasteiger partial charge in [-0.3, -0.25) is 0 Å². The molecule has 0 saturated carbocycles. The standard InChI is InChI=1S/C10H18N4O3/c1-2-3-4-17-10(16)14-6-8(12-13-11)5-9(14)7-15/h8-9,15H,2-7H2,1H3. The van der Waals surface area contributed by atoms with Crippen LogP contribution in [0, 0.1) is 0 Å². The highest BCUT2D eigenvalue weighted by Gasteiger charge is 2.35. The van der Waals surface area contributed by atoms with Gasteiger partial charge in [0.2, 0.25) is 0 Å². The Bertz CT molecular complexity index is 304. The van der Waals surface area contributed by atoms with E-state index in [2.05, 4.69) is 10.0 Å². The van der Waals surface area contributed by atoms with Gasteiger partial charge in [0.1, 0.15) is 0 Å². The van der Waals surface area contributed by atoms with E-state index in [9.17, 15) is 4.79 Å². The van der Waals surface area contributed by atoms with Crippen molar-refractivity contribution >= 4 is 6.09 Å². The first-order valence-electron chi connectivity index (χ1n) is 5.81. The average Bonchev–Trinajstić information content (AvgIpc) is 2.73. The Balaban J connectivity index is 2.50. The first kappa shape index (κ1) is 13.6. The Morgan fingerprint density at radius 1 is 1.71 bits per heavy atom. The van der Waals surface area contributed by atoms with Crippen molar-refractivity contribution in [2.45, 2.75) is 38.3 Å². The first-order valence-corrected chi connectivity index (χ1v) is 5.81. The number of nitrogens with zero attached hydrogens (tertiary/aromatic N) is 4. The van der Waals surface area contributed by atoms with Crippen molar-refractivity contribution in [3.63, 3.8) is 0 Å². The number of rotatable bonds is 5. The minimum Gasteiger partial charge on any atom is -0.449 e. The summed E-state index contributed by atoms with van der Waals surface area (Å²) in [6.45, 7) is 2.58. The zero-order valence-electron chi connectivity index (χ0n) is 9.95. The molecule has 2 unspecified atom stereocenters. The lowest BCUT2D eigenvalue weighted by atomic mass is 10.2. The second kappa shape index (κ2) is 6.98. The normalized spacial score (nSPS) is 23.3. The summed E-state index contributed by atoms with van der Waals surface area (Å²) in [7, 11) is 0. The molecule has 0 radical (unpaired) electrons. The minimum absolute atomic E-state index is 0.139. The molecule has 0 aromatic carbocycles. The summed E-state index contributed by atoms with van der Waals surface area (Å²) in [5.41, 5.74) is 8.34. The number of aliphatic hydroxyl groups excluding tert-OH is 1. The van der Waals surface area contributed by atoms with Crippen LogP contribution in [0.25, 0.3) is 10.4 Å². The van der Waals surface area contributed by atoms with E-state index in [1.807, 2.05) is 6.92 Å². The maximum absolute atomic E-state index is 11.7. The predicted molar refractivity (Wildman–Crippen MR) is 61.4 cm³/mol. The lowest BCUT2D eigenvalue weighted by molar-refractivity contribution is 0.0835. The molecule has 1 rings (SSSR count). The Labute approximate surface area is 100.0 Å². The molecular formula is C10H18N4O3. The van der Waals surface area contributed by atoms with Gasteiger partial charge in [-0.15, -0.1) is 0 Å². The Hall–Kier alpha value is -1.46. The first-order chi connectivity index (χ1) is 8.22. The second-order valence-electron chi connectivity index (χ2n) is 4.05. The third kappa shape index (κ3) is 3.80. The number of hydrogen-bond acceptors (Lipinski definition) is 4. The van der Waals surface area contributed by atoms with Crippen LogP contribution in [-0.2, 0) is 4.74 Å². The summed E-state index contributed by atoms with van der Waals surface area (Å²) < 4.78 is 5.07. The van der Waals surface area contributed by atoms with Gasteiger partial charge >= 0.3 is 6.09 Å². The molecule has 0 spiro atoms. The van der Waals surface area contributed by atoms with Crippen LogP contribution in [-0.4, -0.2) is 47.9 Å². The SMILES string of the molecule is CCCCOC(=O)N1CC(N=[N+]=[N-])CC1CO. The van der Waals surface area contributed by atoms with Gasteiger partial charge in [-0.25, -0.2) is 4.79 Å². The highest BCUT2D eigenvalue weighted by molar-refractivity contribution is 5.68. The Morgan fingerprint density at radius 3 is 3.06 bits per heavy atom. The molecule has 0 aromatic rings. The molecule has 0 bridgehead atoms. The number of hydrogen-bond donors (Lipinski definition) is 1. The highest BCUT2D eigenvalue weighted by Crippen LogP contribution is 2.21. The summed E-state index contributed by atoms with van der Waals surface area (Å²) in [4.78, 5) is 15.9. The Kier molecular flexibility index (Phi) is 5.59. The minimum atomic E-state index is -0.437. The van der Waals surface area contributed by atoms with Crippen LogP contribution in [0.4, 0.5) is 4.79 Å². The topological polar surface area (TPSA) is 98.5 Å². The maximum atomic E-state index is 11.7. The molecule has 0 aliphatic carbocycles. The third-order valence-corrected chi connectivity index (χ3v) is 2.78. The van der Waals surface area contributed by atoms with E-state index in [-0.39, 0.29) is 18.7 Å². The summed E-state index contributed by atoms with van der Waals surface area (Å²) in [6, 6.07) is -0.574. The van der Waals surface area contributed by atoms with Crippen molar-refractivity contribution in [3.05, 3.63) is 10.4 Å². The molecule has 1 N–H and O–H groups in total. The van der Waals surface area contributed by atoms with Crippen LogP contribution >= 0.6 is 0 Å². The molecule has 1 aliphatic rings. The van der Waals surface area contributed by atoms with Crippen molar-refractivity contribution < 1.29 is 14.6 Å². The third-order valence-electron chi connectivity index (χ3n) is 2.78. The molecule has 1 aliphatic heterocycles. The monoisotopic (exact) mass is 242 g/mol. The van der Waals surface area contributed by atoms with Crippen molar-refractivity contribution in [2.75, 3.05) is 19.8 Å². The fourth-order valence-corrected chi connectivity index (χ4v) is 1.83. The van der Waals surface area contributed by atoms with Crippen molar-refractivity contribution in [3.8, 4) is 0 Å². The van der Waals surface area contributed by atoms with Gasteiger partial charge in [-0.1, -0.05) is 18.5 Å². The fourth-order valence-electron chi connectivity index (χ4n) is 1.83. The van der Waals surface area contributed by atoms with Crippen LogP contribution in [0.2, 0.25) is 0 Å². The number of amides is 1. The van der Waals surface area contributed by atoms with E-state index in [4.69, 9.17) is 15.4 Å². The van der Waals surface area contributed by atoms with E-state index in [1.165, 1.54) is 4.90 Å². The number of azide groups is 1. The quantitative estimate of drug-likeness (QED) is 0.343. The number of unbranched alkanes of at least 4 members (excludes halogenated alkanes) is 1. The van der Waals surface area contributed by atoms with E-state index in [0.717, 1.165) is 12.8 Å². The number of ether oxygens (including phenoxy) is 1. The zero-order chi connectivity index (χ0) is 12.7. The van der Waals surface area contributed by atoms with Crippen molar-refractivity contribution in [2.24, 2.45) is 5.11 Å². The molecule has 17 heavy (non-hydrogen) atoms. The van der Waals surface area contributed by atoms with Crippen molar-refractivity contribution in [1.82, 2.24) is 4.90 Å². The van der Waals surface area contributed by atoms with Gasteiger partial charge in [-0.2, -0.15) is 0 Å². The van der Waals surface area contributed by atoms with Crippen LogP contribution in [0.3, 0.4) is 0 Å². The molecule has 7 nitrogen and oxygen atoms in total. The summed E-state index contributed by atoms with van der Waals surface area (Å²) in [5.74, 6) is 0. The van der Waals surface area contributed by atoms with Gasteiger partial charge in [0.25, 0.3) is 0 Å². The number of carbonyl (C=O) groups is 1. The molecule has 96 valence electrons. The predicted octanol–water partition coefficient (Wildman–Crippen LogP) is 1.67. The molecule has 1 amide bonds. The number of carbonyl (C=O) groups excluding carboxylic acids is 1. The highest BCUT2D eigenvalue weighted by atomic mass is 16.6. The van der Waals surface area contributed by atoms with Crippen LogP contribution in [0.15, 0.2) is 5.11 Å². The molecule has 1 heterocycles. The largest absolute Gasteiger partial charge is 0.449 e. The lowest BCUT2D eigenvalue weighted by Gasteiger charge is -2.22. The van der Waals surface area contributed by atoms with E-state index in [1.54, 1.807) is 0 Å². The van der Waals surface area contributed by atoms with Gasteiger partial charge in [0.05, 0.1) is 25.3 Å². The second-order valence-corrected chi connectivity index (χ2v) is 4.05. The number of aliphatic hydroxyl groups is 1. The van der Waals surface area contributed by atoms with E-state index < -0.39 is 6.09 Å². The summed E-state index contributed by atoms with van der Waals surface area (Å²) in [5, 5.41) is 12.7. The average molecular weight is 242 g/mol. The molecule has 0 aromatic heterocycles. The summed E-state index contributed by atoms with van der Waals surface area (Å²) in [6.07, 6.45) is 1.83. The lowest BCUT2D eigenvalue weighted by Crippen LogP contribution is -2.38. The van der Waals surface area contributed by atoms with E-state index >= 15 is 0 Å². The van der Waals surface area contributed by atoms with Gasteiger partial charge in [-0.05, 0) is 18.4 Å². The molecule has 1 saturated heterocycles. The van der Waals surface area contributed by atoms with Crippen molar-refractivity contribution in [1.29, 1.82) is 0 Å². The molecule has 7 heteroatoms. The smallest absolute Gasteiger partial charge is 0.410 e. The summed E-state index contributed by atoms with van der Waals surface area (Å²) >= 11 is 0. The molecule has 2 atom stereocenters. The van der Waals surface area contributed by atoms with Gasteiger partial charge in [0.15, 0.2) is 0 Å². The van der Waals surface area contributed by atoms with Crippen LogP contribution in [0.1, 0.15) is 26.2 Å². The van der Waals surface area contributed by atoms with Crippen LogP contribution < -0.4 is 0 Å². The Morgan fingerprint density at radius 2 is 2.47 bits per heavy atom. The number of likely N-dealkylation sites (tertiary alicyclic amines) is 1.